The molecule has 0 N–H and O–H groups in total. The van der Waals surface area contributed by atoms with Crippen molar-refractivity contribution in [2.24, 2.45) is 0 Å². The van der Waals surface area contributed by atoms with Crippen LogP contribution in [0.15, 0.2) is 201 Å². The number of hydrogen-bond donors (Lipinski definition) is 0. The van der Waals surface area contributed by atoms with Crippen LogP contribution in [0, 0.1) is 6.92 Å². The highest BCUT2D eigenvalue weighted by atomic mass is 15.1. The molecule has 1 aliphatic rings. The van der Waals surface area contributed by atoms with E-state index >= 15 is 0 Å². The van der Waals surface area contributed by atoms with E-state index in [1.807, 2.05) is 19.1 Å². The van der Waals surface area contributed by atoms with Crippen molar-refractivity contribution in [2.45, 2.75) is 26.7 Å². The van der Waals surface area contributed by atoms with Crippen molar-refractivity contribution in [1.29, 1.82) is 0 Å². The van der Waals surface area contributed by atoms with Crippen molar-refractivity contribution in [2.75, 3.05) is 4.90 Å². The Kier molecular flexibility index (Phi) is 10.1. The quantitative estimate of drug-likeness (QED) is 0.129. The number of benzene rings is 8. The summed E-state index contributed by atoms with van der Waals surface area (Å²) < 4.78 is 2.25. The Hall–Kier alpha value is -7.75. The number of nitrogens with zero attached hydrogens (tertiary/aromatic N) is 3. The maximum Gasteiger partial charge on any atom is 0.145 e. The van der Waals surface area contributed by atoms with E-state index in [-0.39, 0.29) is 0 Å². The number of rotatable bonds is 10. The number of aromatic nitrogens is 2. The molecule has 0 saturated heterocycles. The van der Waals surface area contributed by atoms with Gasteiger partial charge >= 0.3 is 0 Å². The van der Waals surface area contributed by atoms with Gasteiger partial charge in [-0.3, -0.25) is 4.57 Å². The second-order valence-corrected chi connectivity index (χ2v) is 16.0. The largest absolute Gasteiger partial charge is 0.310 e. The summed E-state index contributed by atoms with van der Waals surface area (Å²) in [5, 5.41) is 7.43. The van der Waals surface area contributed by atoms with Gasteiger partial charge in [-0.1, -0.05) is 165 Å². The summed E-state index contributed by atoms with van der Waals surface area (Å²) in [6, 6.07) is 59.3. The molecular weight excluding hydrogens is 751 g/mol. The van der Waals surface area contributed by atoms with Gasteiger partial charge in [0, 0.05) is 28.3 Å². The molecule has 9 aromatic rings. The number of anilines is 2. The summed E-state index contributed by atoms with van der Waals surface area (Å²) in [5.41, 5.74) is 14.2. The standard InChI is InChI=1S/C59H47N3/c1-5-19-55-56(6-2)62(48-23-11-8-12-24-48)59(60-55)45-36-34-44(35-37-45)54-39-46-38-53(49-25-14-16-27-51(49)58(46)52-28-17-15-26-50(52)54)43-32-30-42(31-33-43)41(4)61(47-21-9-7-10-22-47)57-29-18-13-20-40(57)3/h5-7,9-11,13-39H,2,4,8,12H2,1,3H3/b19-5-. The van der Waals surface area contributed by atoms with Gasteiger partial charge in [-0.05, 0) is 141 Å². The second kappa shape index (κ2) is 16.4. The molecule has 0 spiro atoms. The first-order chi connectivity index (χ1) is 30.5. The van der Waals surface area contributed by atoms with Gasteiger partial charge in [0.25, 0.3) is 0 Å². The molecule has 10 rings (SSSR count). The van der Waals surface area contributed by atoms with E-state index in [0.29, 0.717) is 0 Å². The van der Waals surface area contributed by atoms with E-state index in [4.69, 9.17) is 4.98 Å². The topological polar surface area (TPSA) is 21.1 Å². The van der Waals surface area contributed by atoms with Crippen molar-refractivity contribution < 1.29 is 0 Å². The van der Waals surface area contributed by atoms with Crippen LogP contribution in [-0.2, 0) is 0 Å². The Bertz CT molecular complexity index is 3270. The maximum absolute atomic E-state index is 5.15. The first kappa shape index (κ1) is 38.5. The molecule has 0 radical (unpaired) electrons. The zero-order chi connectivity index (χ0) is 42.2. The summed E-state index contributed by atoms with van der Waals surface area (Å²) in [7, 11) is 0. The monoisotopic (exact) mass is 797 g/mol. The van der Waals surface area contributed by atoms with E-state index in [2.05, 4.69) is 218 Å². The molecule has 0 amide bonds. The zero-order valence-electron chi connectivity index (χ0n) is 35.2. The minimum atomic E-state index is 0.911. The molecule has 0 atom stereocenters. The highest BCUT2D eigenvalue weighted by Crippen LogP contribution is 2.43. The Balaban J connectivity index is 1.07. The van der Waals surface area contributed by atoms with Crippen LogP contribution in [0.1, 0.15) is 42.3 Å². The lowest BCUT2D eigenvalue weighted by atomic mass is 9.87. The lowest BCUT2D eigenvalue weighted by Crippen LogP contribution is -2.15. The molecule has 3 nitrogen and oxygen atoms in total. The van der Waals surface area contributed by atoms with Gasteiger partial charge in [-0.2, -0.15) is 0 Å². The summed E-state index contributed by atoms with van der Waals surface area (Å²) in [6.45, 7) is 13.0. The molecular formula is C59H47N3. The van der Waals surface area contributed by atoms with Crippen LogP contribution >= 0.6 is 0 Å². The molecule has 0 unspecified atom stereocenters. The average Bonchev–Trinajstić information content (AvgIpc) is 3.70. The summed E-state index contributed by atoms with van der Waals surface area (Å²) in [5.74, 6) is 0.911. The van der Waals surface area contributed by atoms with E-state index in [0.717, 1.165) is 75.1 Å². The van der Waals surface area contributed by atoms with Gasteiger partial charge in [-0.25, -0.2) is 4.98 Å². The minimum Gasteiger partial charge on any atom is -0.310 e. The fourth-order valence-corrected chi connectivity index (χ4v) is 9.21. The van der Waals surface area contributed by atoms with E-state index in [1.54, 1.807) is 0 Å². The maximum atomic E-state index is 5.15. The first-order valence-corrected chi connectivity index (χ1v) is 21.5. The van der Waals surface area contributed by atoms with Gasteiger partial charge in [0.15, 0.2) is 0 Å². The third-order valence-electron chi connectivity index (χ3n) is 12.2. The molecule has 1 heterocycles. The van der Waals surface area contributed by atoms with Gasteiger partial charge in [0.2, 0.25) is 0 Å². The number of hydrogen-bond acceptors (Lipinski definition) is 2. The van der Waals surface area contributed by atoms with Gasteiger partial charge < -0.3 is 4.90 Å². The molecule has 1 aromatic heterocycles. The number of imidazole rings is 1. The van der Waals surface area contributed by atoms with Crippen molar-refractivity contribution in [3.63, 3.8) is 0 Å². The van der Waals surface area contributed by atoms with Crippen LogP contribution < -0.4 is 4.90 Å². The SMILES string of the molecule is C=Cc1c(/C=C\C)nc(-c2ccc(-c3cc4cc(-c5ccc(C(=C)N(c6ccccc6)c6ccccc6C)cc5)c5ccccc5c4c4ccccc34)cc2)n1C1=CCCC=C1. The number of allylic oxidation sites excluding steroid dienone is 5. The minimum absolute atomic E-state index is 0.911. The fourth-order valence-electron chi connectivity index (χ4n) is 9.21. The lowest BCUT2D eigenvalue weighted by molar-refractivity contribution is 0.996. The fraction of sp³-hybridized carbons (Fsp3) is 0.0678. The highest BCUT2D eigenvalue weighted by molar-refractivity contribution is 6.25. The summed E-state index contributed by atoms with van der Waals surface area (Å²) in [6.07, 6.45) is 14.8. The summed E-state index contributed by atoms with van der Waals surface area (Å²) in [4.78, 5) is 7.41. The normalized spacial score (nSPS) is 12.6. The van der Waals surface area contributed by atoms with Crippen LogP contribution in [-0.4, -0.2) is 9.55 Å². The Morgan fingerprint density at radius 3 is 1.84 bits per heavy atom. The third kappa shape index (κ3) is 6.78. The molecule has 298 valence electrons. The first-order valence-electron chi connectivity index (χ1n) is 21.5. The van der Waals surface area contributed by atoms with Crippen LogP contribution in [0.5, 0.6) is 0 Å². The highest BCUT2D eigenvalue weighted by Gasteiger charge is 2.20. The third-order valence-corrected chi connectivity index (χ3v) is 12.2. The van der Waals surface area contributed by atoms with Crippen LogP contribution in [0.2, 0.25) is 0 Å². The molecule has 0 bridgehead atoms. The van der Waals surface area contributed by atoms with E-state index in [9.17, 15) is 0 Å². The zero-order valence-corrected chi connectivity index (χ0v) is 35.2. The Labute approximate surface area is 364 Å². The van der Waals surface area contributed by atoms with Crippen LogP contribution in [0.4, 0.5) is 11.4 Å². The average molecular weight is 798 g/mol. The smallest absolute Gasteiger partial charge is 0.145 e. The predicted octanol–water partition coefficient (Wildman–Crippen LogP) is 16.3. The molecule has 0 aliphatic heterocycles. The molecule has 8 aromatic carbocycles. The van der Waals surface area contributed by atoms with Gasteiger partial charge in [-0.15, -0.1) is 0 Å². The van der Waals surface area contributed by atoms with Crippen LogP contribution in [0.3, 0.4) is 0 Å². The number of para-hydroxylation sites is 2. The van der Waals surface area contributed by atoms with Gasteiger partial charge in [0.1, 0.15) is 5.82 Å². The molecule has 3 heteroatoms. The molecule has 0 fully saturated rings. The van der Waals surface area contributed by atoms with Crippen molar-refractivity contribution in [3.8, 4) is 33.6 Å². The second-order valence-electron chi connectivity index (χ2n) is 16.0. The number of aryl methyl sites for hydroxylation is 1. The summed E-state index contributed by atoms with van der Waals surface area (Å²) >= 11 is 0. The van der Waals surface area contributed by atoms with Gasteiger partial charge in [0.05, 0.1) is 11.4 Å². The Morgan fingerprint density at radius 1 is 0.661 bits per heavy atom. The van der Waals surface area contributed by atoms with Crippen molar-refractivity contribution in [1.82, 2.24) is 9.55 Å². The van der Waals surface area contributed by atoms with E-state index in [1.165, 1.54) is 49.0 Å². The Morgan fingerprint density at radius 2 is 1.24 bits per heavy atom. The molecule has 1 aliphatic carbocycles. The molecule has 62 heavy (non-hydrogen) atoms. The predicted molar refractivity (Wildman–Crippen MR) is 267 cm³/mol. The van der Waals surface area contributed by atoms with Crippen molar-refractivity contribution in [3.05, 3.63) is 224 Å². The lowest BCUT2D eigenvalue weighted by Gasteiger charge is -2.29. The van der Waals surface area contributed by atoms with E-state index < -0.39 is 0 Å². The number of fused-ring (bicyclic) bond motifs is 5. The van der Waals surface area contributed by atoms with Crippen molar-refractivity contribution >= 4 is 67.2 Å². The molecule has 0 saturated carbocycles. The van der Waals surface area contributed by atoms with Crippen LogP contribution in [0.25, 0.3) is 89.5 Å².